The van der Waals surface area contributed by atoms with Gasteiger partial charge in [-0.2, -0.15) is 18.3 Å². The summed E-state index contributed by atoms with van der Waals surface area (Å²) in [6.45, 7) is 1.24. The zero-order valence-corrected chi connectivity index (χ0v) is 23.6. The number of methoxy groups -OCH3 is 1. The third kappa shape index (κ3) is 6.48. The minimum absolute atomic E-state index is 0.218. The van der Waals surface area contributed by atoms with Crippen LogP contribution in [0.3, 0.4) is 0 Å². The first-order valence-electron chi connectivity index (χ1n) is 13.2. The van der Waals surface area contributed by atoms with Crippen molar-refractivity contribution in [2.45, 2.75) is 38.0 Å². The fourth-order valence-electron chi connectivity index (χ4n) is 4.82. The molecule has 1 heterocycles. The van der Waals surface area contributed by atoms with Gasteiger partial charge in [-0.3, -0.25) is 9.59 Å². The van der Waals surface area contributed by atoms with E-state index in [9.17, 15) is 41.4 Å². The number of carbonyl (C=O) groups excluding carboxylic acids is 1. The van der Waals surface area contributed by atoms with Crippen LogP contribution in [0.25, 0.3) is 21.9 Å². The highest BCUT2D eigenvalue weighted by atomic mass is 19.4. The number of anilines is 1. The second-order valence-corrected chi connectivity index (χ2v) is 9.86. The lowest BCUT2D eigenvalue weighted by atomic mass is 9.92. The second-order valence-electron chi connectivity index (χ2n) is 9.86. The van der Waals surface area contributed by atoms with Crippen molar-refractivity contribution in [2.24, 2.45) is 7.05 Å². The Morgan fingerprint density at radius 2 is 1.70 bits per heavy atom. The Morgan fingerprint density at radius 3 is 2.27 bits per heavy atom. The third-order valence-corrected chi connectivity index (χ3v) is 7.05. The molecule has 0 radical (unpaired) electrons. The number of halogens is 5. The van der Waals surface area contributed by atoms with Gasteiger partial charge in [0.05, 0.1) is 18.9 Å². The van der Waals surface area contributed by atoms with E-state index >= 15 is 0 Å². The molecule has 3 N–H and O–H groups in total. The molecule has 4 aromatic rings. The molecule has 1 aromatic heterocycles. The van der Waals surface area contributed by atoms with E-state index in [-0.39, 0.29) is 17.7 Å². The van der Waals surface area contributed by atoms with Crippen LogP contribution in [-0.4, -0.2) is 52.1 Å². The Labute approximate surface area is 247 Å². The number of carbonyl (C=O) groups is 2. The lowest BCUT2D eigenvalue weighted by molar-refractivity contribution is -0.143. The molecule has 1 amide bonds. The number of aliphatic carboxylic acids is 1. The summed E-state index contributed by atoms with van der Waals surface area (Å²) in [7, 11) is 2.86. The lowest BCUT2D eigenvalue weighted by Gasteiger charge is -2.22. The van der Waals surface area contributed by atoms with E-state index in [0.29, 0.717) is 34.0 Å². The lowest BCUT2D eigenvalue weighted by Crippen LogP contribution is -2.43. The smallest absolute Gasteiger partial charge is 0.408 e. The van der Waals surface area contributed by atoms with E-state index in [1.54, 1.807) is 36.4 Å². The summed E-state index contributed by atoms with van der Waals surface area (Å²) in [6.07, 6.45) is -4.04. The molecule has 1 unspecified atom stereocenters. The maximum Gasteiger partial charge on any atom is 0.408 e. The van der Waals surface area contributed by atoms with Crippen LogP contribution in [0.2, 0.25) is 0 Å². The molecule has 4 rings (SSSR count). The number of alkyl halides is 3. The van der Waals surface area contributed by atoms with Crippen molar-refractivity contribution in [2.75, 3.05) is 12.4 Å². The second kappa shape index (κ2) is 12.7. The number of aromatic nitrogens is 2. The highest BCUT2D eigenvalue weighted by Gasteiger charge is 2.38. The van der Waals surface area contributed by atoms with Crippen molar-refractivity contribution in [3.63, 3.8) is 0 Å². The molecule has 3 aromatic carbocycles. The summed E-state index contributed by atoms with van der Waals surface area (Å²) in [5.41, 5.74) is -0.994. The van der Waals surface area contributed by atoms with Gasteiger partial charge >= 0.3 is 12.1 Å². The normalized spacial score (nSPS) is 12.9. The Bertz CT molecular complexity index is 1770. The largest absolute Gasteiger partial charge is 0.494 e. The predicted octanol–water partition coefficient (Wildman–Crippen LogP) is 5.07. The fraction of sp³-hybridized carbons (Fsp3) is 0.267. The molecule has 44 heavy (non-hydrogen) atoms. The molecule has 14 heteroatoms. The van der Waals surface area contributed by atoms with E-state index < -0.39 is 65.0 Å². The van der Waals surface area contributed by atoms with Crippen molar-refractivity contribution in [3.8, 4) is 16.9 Å². The number of rotatable bonds is 10. The van der Waals surface area contributed by atoms with Gasteiger partial charge in [-0.05, 0) is 40.5 Å². The fourth-order valence-corrected chi connectivity index (χ4v) is 4.82. The molecular weight excluding hydrogens is 591 g/mol. The van der Waals surface area contributed by atoms with Gasteiger partial charge < -0.3 is 20.5 Å². The van der Waals surface area contributed by atoms with Crippen molar-refractivity contribution in [1.82, 2.24) is 15.1 Å². The number of fused-ring (bicyclic) bond motifs is 1. The number of ether oxygens (including phenoxy) is 1. The topological polar surface area (TPSA) is 123 Å². The van der Waals surface area contributed by atoms with Crippen LogP contribution in [0.4, 0.5) is 27.6 Å². The van der Waals surface area contributed by atoms with Crippen LogP contribution in [0.1, 0.15) is 29.3 Å². The predicted molar refractivity (Wildman–Crippen MR) is 152 cm³/mol. The number of carboxylic acid groups (broad SMARTS) is 1. The minimum Gasteiger partial charge on any atom is -0.494 e. The summed E-state index contributed by atoms with van der Waals surface area (Å²) in [6, 6.07) is 7.27. The number of aryl methyl sites for hydroxylation is 1. The Balaban J connectivity index is 1.66. The van der Waals surface area contributed by atoms with Crippen LogP contribution in [-0.2, 0) is 18.3 Å². The average Bonchev–Trinajstić information content (AvgIpc) is 2.96. The molecule has 9 nitrogen and oxygen atoms in total. The number of carboxylic acids is 1. The van der Waals surface area contributed by atoms with E-state index in [4.69, 9.17) is 4.74 Å². The van der Waals surface area contributed by atoms with Crippen LogP contribution >= 0.6 is 0 Å². The molecule has 0 bridgehead atoms. The molecule has 0 fully saturated rings. The highest BCUT2D eigenvalue weighted by Crippen LogP contribution is 2.34. The molecule has 232 valence electrons. The molecule has 0 aliphatic rings. The molecule has 0 aliphatic carbocycles. The summed E-state index contributed by atoms with van der Waals surface area (Å²) < 4.78 is 75.4. The summed E-state index contributed by atoms with van der Waals surface area (Å²) >= 11 is 0. The number of amides is 1. The number of hydrogen-bond acceptors (Lipinski definition) is 6. The van der Waals surface area contributed by atoms with Gasteiger partial charge in [-0.15, -0.1) is 0 Å². The monoisotopic (exact) mass is 618 g/mol. The first-order chi connectivity index (χ1) is 20.8. The molecule has 0 spiro atoms. The summed E-state index contributed by atoms with van der Waals surface area (Å²) in [4.78, 5) is 38.0. The molecule has 0 aliphatic heterocycles. The van der Waals surface area contributed by atoms with E-state index in [0.717, 1.165) is 4.68 Å². The van der Waals surface area contributed by atoms with E-state index in [1.807, 2.05) is 5.32 Å². The first kappa shape index (κ1) is 31.9. The number of nitrogens with one attached hydrogen (secondary N) is 2. The average molecular weight is 619 g/mol. The number of benzene rings is 3. The molecule has 0 saturated heterocycles. The molecule has 0 saturated carbocycles. The third-order valence-electron chi connectivity index (χ3n) is 7.05. The van der Waals surface area contributed by atoms with Gasteiger partial charge in [-0.25, -0.2) is 18.3 Å². The van der Waals surface area contributed by atoms with E-state index in [1.165, 1.54) is 27.3 Å². The van der Waals surface area contributed by atoms with Crippen molar-refractivity contribution < 1.29 is 41.4 Å². The first-order valence-corrected chi connectivity index (χ1v) is 13.2. The Kier molecular flexibility index (Phi) is 9.21. The quantitative estimate of drug-likeness (QED) is 0.212. The van der Waals surface area contributed by atoms with E-state index in [2.05, 4.69) is 10.4 Å². The van der Waals surface area contributed by atoms with Crippen LogP contribution in [0.15, 0.2) is 59.5 Å². The minimum atomic E-state index is -4.69. The molecular formula is C30H27F5N4O5. The summed E-state index contributed by atoms with van der Waals surface area (Å²) in [5, 5.41) is 19.0. The standard InChI is InChI=1S/C30H27F5N4O5/c1-4-24(30(33,34)35)37-16-12-20(31)26(21(32)13-16)27(40)38-22(29(42)43)11-15-9-10-19(18-8-6-5-7-17(15)18)25-23(44-3)14-36-39(2)28(25)41/h5-10,12-14,22,24,37H,4,11H2,1-3H3,(H,38,40)(H,42,43)/t22?,24-/m1/s1. The Morgan fingerprint density at radius 1 is 1.07 bits per heavy atom. The SMILES string of the molecule is CC[C@@H](Nc1cc(F)c(C(=O)NC(Cc2ccc(-c3c(OC)cnn(C)c3=O)c3ccccc23)C(=O)O)c(F)c1)C(F)(F)F. The maximum absolute atomic E-state index is 14.8. The zero-order valence-electron chi connectivity index (χ0n) is 23.6. The van der Waals surface area contributed by atoms with Gasteiger partial charge in [0.2, 0.25) is 0 Å². The van der Waals surface area contributed by atoms with Crippen LogP contribution in [0.5, 0.6) is 5.75 Å². The van der Waals surface area contributed by atoms with Crippen LogP contribution in [0, 0.1) is 11.6 Å². The maximum atomic E-state index is 14.8. The van der Waals surface area contributed by atoms with Gasteiger partial charge in [0, 0.05) is 19.2 Å². The van der Waals surface area contributed by atoms with Gasteiger partial charge in [0.15, 0.2) is 5.75 Å². The van der Waals surface area contributed by atoms with Crippen molar-refractivity contribution >= 4 is 28.3 Å². The Hall–Kier alpha value is -5.01. The van der Waals surface area contributed by atoms with Gasteiger partial charge in [0.1, 0.15) is 29.3 Å². The van der Waals surface area contributed by atoms with Crippen molar-refractivity contribution in [3.05, 3.63) is 87.8 Å². The van der Waals surface area contributed by atoms with Gasteiger partial charge in [0.25, 0.3) is 11.5 Å². The van der Waals surface area contributed by atoms with Crippen molar-refractivity contribution in [1.29, 1.82) is 0 Å². The van der Waals surface area contributed by atoms with Crippen LogP contribution < -0.4 is 20.9 Å². The van der Waals surface area contributed by atoms with Gasteiger partial charge in [-0.1, -0.05) is 43.3 Å². The number of hydrogen-bond donors (Lipinski definition) is 3. The summed E-state index contributed by atoms with van der Waals surface area (Å²) in [5.74, 6) is -5.66. The zero-order chi connectivity index (χ0) is 32.3. The highest BCUT2D eigenvalue weighted by molar-refractivity contribution is 6.00. The number of nitrogens with zero attached hydrogens (tertiary/aromatic N) is 2. The molecule has 2 atom stereocenters.